The second-order valence-electron chi connectivity index (χ2n) is 4.67. The second kappa shape index (κ2) is 7.26. The van der Waals surface area contributed by atoms with Gasteiger partial charge < -0.3 is 15.2 Å². The van der Waals surface area contributed by atoms with Gasteiger partial charge in [-0.2, -0.15) is 5.10 Å². The number of ether oxygens (including phenoxy) is 1. The molecule has 0 aliphatic heterocycles. The van der Waals surface area contributed by atoms with Crippen molar-refractivity contribution in [2.45, 2.75) is 13.0 Å². The number of nitrogens with one attached hydrogen (secondary N) is 1. The van der Waals surface area contributed by atoms with Gasteiger partial charge in [-0.25, -0.2) is 0 Å². The van der Waals surface area contributed by atoms with E-state index < -0.39 is 5.97 Å². The lowest BCUT2D eigenvalue weighted by Gasteiger charge is -2.04. The molecular weight excluding hydrogens is 286 g/mol. The Bertz CT molecular complexity index is 649. The van der Waals surface area contributed by atoms with Crippen LogP contribution < -0.4 is 10.1 Å². The van der Waals surface area contributed by atoms with Crippen LogP contribution in [0.5, 0.6) is 5.75 Å². The van der Waals surface area contributed by atoms with Crippen LogP contribution in [0, 0.1) is 0 Å². The van der Waals surface area contributed by atoms with E-state index in [0.29, 0.717) is 12.1 Å². The predicted molar refractivity (Wildman–Crippen MR) is 78.9 cm³/mol. The molecule has 116 valence electrons. The van der Waals surface area contributed by atoms with Gasteiger partial charge in [0.2, 0.25) is 0 Å². The van der Waals surface area contributed by atoms with Gasteiger partial charge in [-0.05, 0) is 17.7 Å². The monoisotopic (exact) mass is 303 g/mol. The number of amides is 1. The van der Waals surface area contributed by atoms with Crippen LogP contribution in [0.3, 0.4) is 0 Å². The Kier molecular flexibility index (Phi) is 5.13. The number of benzene rings is 1. The number of carbonyl (C=O) groups is 2. The first-order valence-corrected chi connectivity index (χ1v) is 6.74. The SMILES string of the molecule is COc1ccc(Cn2cc(C(=O)NCCC(=O)O)cn2)cc1. The van der Waals surface area contributed by atoms with Crippen LogP contribution in [0.4, 0.5) is 0 Å². The van der Waals surface area contributed by atoms with Gasteiger partial charge in [0.25, 0.3) is 5.91 Å². The molecule has 7 heteroatoms. The van der Waals surface area contributed by atoms with Crippen LogP contribution in [0.15, 0.2) is 36.7 Å². The summed E-state index contributed by atoms with van der Waals surface area (Å²) in [6.07, 6.45) is 2.98. The second-order valence-corrected chi connectivity index (χ2v) is 4.67. The molecule has 1 aromatic heterocycles. The van der Waals surface area contributed by atoms with Crippen molar-refractivity contribution >= 4 is 11.9 Å². The number of carboxylic acids is 1. The summed E-state index contributed by atoms with van der Waals surface area (Å²) in [7, 11) is 1.61. The minimum absolute atomic E-state index is 0.0951. The average molecular weight is 303 g/mol. The van der Waals surface area contributed by atoms with Crippen LogP contribution in [0.2, 0.25) is 0 Å². The third kappa shape index (κ3) is 4.34. The van der Waals surface area contributed by atoms with Crippen molar-refractivity contribution in [3.63, 3.8) is 0 Å². The van der Waals surface area contributed by atoms with Crippen LogP contribution in [-0.2, 0) is 11.3 Å². The summed E-state index contributed by atoms with van der Waals surface area (Å²) in [5.74, 6) is -0.500. The maximum atomic E-state index is 11.8. The molecule has 0 spiro atoms. The minimum Gasteiger partial charge on any atom is -0.497 e. The van der Waals surface area contributed by atoms with E-state index in [2.05, 4.69) is 10.4 Å². The zero-order valence-electron chi connectivity index (χ0n) is 12.2. The first-order valence-electron chi connectivity index (χ1n) is 6.74. The van der Waals surface area contributed by atoms with Crippen molar-refractivity contribution < 1.29 is 19.4 Å². The Hall–Kier alpha value is -2.83. The van der Waals surface area contributed by atoms with E-state index in [0.717, 1.165) is 11.3 Å². The van der Waals surface area contributed by atoms with Gasteiger partial charge in [0, 0.05) is 12.7 Å². The van der Waals surface area contributed by atoms with Crippen LogP contribution in [0.25, 0.3) is 0 Å². The molecule has 2 N–H and O–H groups in total. The summed E-state index contributed by atoms with van der Waals surface area (Å²) in [5, 5.41) is 15.2. The Morgan fingerprint density at radius 1 is 1.32 bits per heavy atom. The fourth-order valence-electron chi connectivity index (χ4n) is 1.87. The molecule has 0 radical (unpaired) electrons. The summed E-state index contributed by atoms with van der Waals surface area (Å²) in [5.41, 5.74) is 1.43. The van der Waals surface area contributed by atoms with Gasteiger partial charge in [-0.1, -0.05) is 12.1 Å². The van der Waals surface area contributed by atoms with Crippen molar-refractivity contribution in [1.29, 1.82) is 0 Å². The normalized spacial score (nSPS) is 10.2. The topological polar surface area (TPSA) is 93.5 Å². The lowest BCUT2D eigenvalue weighted by molar-refractivity contribution is -0.136. The van der Waals surface area contributed by atoms with Crippen molar-refractivity contribution in [2.24, 2.45) is 0 Å². The maximum Gasteiger partial charge on any atom is 0.305 e. The van der Waals surface area contributed by atoms with Crippen molar-refractivity contribution in [3.05, 3.63) is 47.8 Å². The molecule has 2 rings (SSSR count). The zero-order valence-corrected chi connectivity index (χ0v) is 12.2. The summed E-state index contributed by atoms with van der Waals surface area (Å²) in [4.78, 5) is 22.2. The highest BCUT2D eigenvalue weighted by Crippen LogP contribution is 2.12. The Morgan fingerprint density at radius 2 is 2.05 bits per heavy atom. The Balaban J connectivity index is 1.92. The van der Waals surface area contributed by atoms with Gasteiger partial charge in [0.15, 0.2) is 0 Å². The van der Waals surface area contributed by atoms with E-state index in [1.807, 2.05) is 24.3 Å². The number of carboxylic acid groups (broad SMARTS) is 1. The van der Waals surface area contributed by atoms with Crippen molar-refractivity contribution in [1.82, 2.24) is 15.1 Å². The third-order valence-corrected chi connectivity index (χ3v) is 3.02. The third-order valence-electron chi connectivity index (χ3n) is 3.02. The van der Waals surface area contributed by atoms with Gasteiger partial charge in [0.1, 0.15) is 5.75 Å². The fraction of sp³-hybridized carbons (Fsp3) is 0.267. The molecule has 0 bridgehead atoms. The van der Waals surface area contributed by atoms with Crippen LogP contribution in [0.1, 0.15) is 22.3 Å². The first-order chi connectivity index (χ1) is 10.6. The summed E-state index contributed by atoms with van der Waals surface area (Å²) >= 11 is 0. The smallest absolute Gasteiger partial charge is 0.305 e. The quantitative estimate of drug-likeness (QED) is 0.800. The lowest BCUT2D eigenvalue weighted by Crippen LogP contribution is -2.25. The number of aromatic nitrogens is 2. The number of rotatable bonds is 7. The fourth-order valence-corrected chi connectivity index (χ4v) is 1.87. The molecule has 1 amide bonds. The van der Waals surface area contributed by atoms with Crippen LogP contribution in [-0.4, -0.2) is 40.4 Å². The molecule has 0 saturated carbocycles. The molecule has 0 saturated heterocycles. The lowest BCUT2D eigenvalue weighted by atomic mass is 10.2. The summed E-state index contributed by atoms with van der Waals surface area (Å²) < 4.78 is 6.74. The van der Waals surface area contributed by atoms with Crippen LogP contribution >= 0.6 is 0 Å². The highest BCUT2D eigenvalue weighted by Gasteiger charge is 2.09. The number of methoxy groups -OCH3 is 1. The molecule has 0 unspecified atom stereocenters. The van der Waals surface area contributed by atoms with E-state index >= 15 is 0 Å². The molecule has 0 aliphatic carbocycles. The molecule has 0 fully saturated rings. The highest BCUT2D eigenvalue weighted by molar-refractivity contribution is 5.93. The first kappa shape index (κ1) is 15.6. The molecule has 1 heterocycles. The number of aliphatic carboxylic acids is 1. The van der Waals surface area contributed by atoms with E-state index in [1.54, 1.807) is 18.0 Å². The largest absolute Gasteiger partial charge is 0.497 e. The standard InChI is InChI=1S/C15H17N3O4/c1-22-13-4-2-11(3-5-13)9-18-10-12(8-17-18)15(21)16-7-6-14(19)20/h2-5,8,10H,6-7,9H2,1H3,(H,16,21)(H,19,20). The number of carbonyl (C=O) groups excluding carboxylic acids is 1. The Labute approximate surface area is 127 Å². The van der Waals surface area contributed by atoms with Gasteiger partial charge >= 0.3 is 5.97 Å². The Morgan fingerprint density at radius 3 is 2.68 bits per heavy atom. The van der Waals surface area contributed by atoms with E-state index in [9.17, 15) is 9.59 Å². The molecule has 7 nitrogen and oxygen atoms in total. The highest BCUT2D eigenvalue weighted by atomic mass is 16.5. The van der Waals surface area contributed by atoms with Gasteiger partial charge in [-0.3, -0.25) is 14.3 Å². The predicted octanol–water partition coefficient (Wildman–Crippen LogP) is 1.14. The number of hydrogen-bond donors (Lipinski definition) is 2. The van der Waals surface area contributed by atoms with Crippen molar-refractivity contribution in [2.75, 3.05) is 13.7 Å². The number of hydrogen-bond acceptors (Lipinski definition) is 4. The molecule has 2 aromatic rings. The average Bonchev–Trinajstić information content (AvgIpc) is 2.96. The van der Waals surface area contributed by atoms with E-state index in [-0.39, 0.29) is 18.9 Å². The minimum atomic E-state index is -0.949. The molecule has 1 aromatic carbocycles. The van der Waals surface area contributed by atoms with E-state index in [4.69, 9.17) is 9.84 Å². The van der Waals surface area contributed by atoms with Gasteiger partial charge in [-0.15, -0.1) is 0 Å². The molecule has 0 aliphatic rings. The maximum absolute atomic E-state index is 11.8. The van der Waals surface area contributed by atoms with Crippen molar-refractivity contribution in [3.8, 4) is 5.75 Å². The molecule has 0 atom stereocenters. The molecule has 22 heavy (non-hydrogen) atoms. The zero-order chi connectivity index (χ0) is 15.9. The molecular formula is C15H17N3O4. The van der Waals surface area contributed by atoms with Gasteiger partial charge in [0.05, 0.1) is 31.8 Å². The number of nitrogens with zero attached hydrogens (tertiary/aromatic N) is 2. The van der Waals surface area contributed by atoms with E-state index in [1.165, 1.54) is 6.20 Å². The summed E-state index contributed by atoms with van der Waals surface area (Å²) in [6.45, 7) is 0.629. The summed E-state index contributed by atoms with van der Waals surface area (Å²) in [6, 6.07) is 7.57.